The summed E-state index contributed by atoms with van der Waals surface area (Å²) < 4.78 is 3.95. The molecule has 0 atom stereocenters. The highest BCUT2D eigenvalue weighted by Crippen LogP contribution is 2.27. The normalized spacial score (nSPS) is 11.8. The van der Waals surface area contributed by atoms with E-state index in [-0.39, 0.29) is 12.2 Å². The zero-order valence-electron chi connectivity index (χ0n) is 16.8. The van der Waals surface area contributed by atoms with Crippen LogP contribution in [0.4, 0.5) is 0 Å². The van der Waals surface area contributed by atoms with Crippen LogP contribution in [-0.2, 0) is 13.1 Å². The second-order valence-corrected chi connectivity index (χ2v) is 7.11. The van der Waals surface area contributed by atoms with Crippen LogP contribution in [0.15, 0.2) is 53.3 Å². The molecule has 5 heteroatoms. The second kappa shape index (κ2) is 8.05. The summed E-state index contributed by atoms with van der Waals surface area (Å²) in [6, 6.07) is 15.8. The summed E-state index contributed by atoms with van der Waals surface area (Å²) in [5.74, 6) is 0.606. The van der Waals surface area contributed by atoms with Gasteiger partial charge in [-0.1, -0.05) is 30.3 Å². The Morgan fingerprint density at radius 3 is 2.48 bits per heavy atom. The predicted octanol–water partition coefficient (Wildman–Crippen LogP) is 4.23. The van der Waals surface area contributed by atoms with Gasteiger partial charge in [0.05, 0.1) is 10.9 Å². The maximum atomic E-state index is 13.0. The van der Waals surface area contributed by atoms with Gasteiger partial charge in [-0.3, -0.25) is 9.36 Å². The van der Waals surface area contributed by atoms with E-state index in [0.717, 1.165) is 12.1 Å². The van der Waals surface area contributed by atoms with Crippen LogP contribution in [0, 0.1) is 6.92 Å². The molecule has 0 spiro atoms. The summed E-state index contributed by atoms with van der Waals surface area (Å²) in [5.41, 5.74) is 4.14. The molecule has 0 saturated heterocycles. The Balaban J connectivity index is 1.88. The van der Waals surface area contributed by atoms with Gasteiger partial charge in [-0.25, -0.2) is 4.98 Å². The summed E-state index contributed by atoms with van der Waals surface area (Å²) in [6.07, 6.45) is 4.48. The minimum Gasteiger partial charge on any atom is -0.396 e. The SMILES string of the molecule is CCn1c(C)c(/C=C/c2nc3ccccc3c(=O)n2CCCO)c2ccccc21. The number of benzene rings is 2. The first-order chi connectivity index (χ1) is 14.2. The fourth-order valence-electron chi connectivity index (χ4n) is 3.99. The number of aromatic nitrogens is 3. The molecule has 0 aliphatic carbocycles. The fourth-order valence-corrected chi connectivity index (χ4v) is 3.99. The molecule has 4 aromatic rings. The molecule has 0 unspecified atom stereocenters. The van der Waals surface area contributed by atoms with Crippen LogP contribution in [-0.4, -0.2) is 25.8 Å². The van der Waals surface area contributed by atoms with Crippen LogP contribution >= 0.6 is 0 Å². The van der Waals surface area contributed by atoms with Gasteiger partial charge >= 0.3 is 0 Å². The standard InChI is InChI=1S/C24H25N3O2/c1-3-26-17(2)18(19-9-5-7-12-22(19)26)13-14-23-25-21-11-6-4-10-20(21)24(29)27(23)15-8-16-28/h4-7,9-14,28H,3,8,15-16H2,1-2H3/b14-13+. The third kappa shape index (κ3) is 3.38. The Bertz CT molecular complexity index is 1260. The van der Waals surface area contributed by atoms with E-state index >= 15 is 0 Å². The molecule has 0 aliphatic rings. The van der Waals surface area contributed by atoms with Crippen molar-refractivity contribution >= 4 is 34.0 Å². The van der Waals surface area contributed by atoms with E-state index in [4.69, 9.17) is 4.98 Å². The highest BCUT2D eigenvalue weighted by Gasteiger charge is 2.12. The molecule has 29 heavy (non-hydrogen) atoms. The van der Waals surface area contributed by atoms with Crippen molar-refractivity contribution in [1.82, 2.24) is 14.1 Å². The molecule has 0 fully saturated rings. The number of fused-ring (bicyclic) bond motifs is 2. The van der Waals surface area contributed by atoms with Crippen molar-refractivity contribution in [2.75, 3.05) is 6.61 Å². The molecule has 2 aromatic heterocycles. The van der Waals surface area contributed by atoms with E-state index in [0.29, 0.717) is 29.7 Å². The first kappa shape index (κ1) is 19.2. The van der Waals surface area contributed by atoms with Gasteiger partial charge < -0.3 is 9.67 Å². The zero-order chi connectivity index (χ0) is 20.4. The van der Waals surface area contributed by atoms with E-state index in [9.17, 15) is 9.90 Å². The van der Waals surface area contributed by atoms with Crippen LogP contribution < -0.4 is 5.56 Å². The van der Waals surface area contributed by atoms with Crippen molar-refractivity contribution < 1.29 is 5.11 Å². The molecule has 0 amide bonds. The van der Waals surface area contributed by atoms with E-state index in [2.05, 4.69) is 42.7 Å². The highest BCUT2D eigenvalue weighted by atomic mass is 16.3. The van der Waals surface area contributed by atoms with Crippen LogP contribution in [0.2, 0.25) is 0 Å². The lowest BCUT2D eigenvalue weighted by Crippen LogP contribution is -2.24. The summed E-state index contributed by atoms with van der Waals surface area (Å²) in [4.78, 5) is 17.7. The summed E-state index contributed by atoms with van der Waals surface area (Å²) in [6.45, 7) is 5.63. The molecule has 0 radical (unpaired) electrons. The Morgan fingerprint density at radius 1 is 1.00 bits per heavy atom. The molecular formula is C24H25N3O2. The second-order valence-electron chi connectivity index (χ2n) is 7.11. The molecule has 0 bridgehead atoms. The van der Waals surface area contributed by atoms with Gasteiger partial charge in [0.15, 0.2) is 0 Å². The minimum atomic E-state index is -0.0728. The van der Waals surface area contributed by atoms with Crippen molar-refractivity contribution in [1.29, 1.82) is 0 Å². The maximum Gasteiger partial charge on any atom is 0.261 e. The first-order valence-corrected chi connectivity index (χ1v) is 10.0. The average molecular weight is 387 g/mol. The van der Waals surface area contributed by atoms with Crippen molar-refractivity contribution in [3.05, 3.63) is 76.0 Å². The van der Waals surface area contributed by atoms with Crippen molar-refractivity contribution in [2.45, 2.75) is 33.4 Å². The van der Waals surface area contributed by atoms with Crippen LogP contribution in [0.3, 0.4) is 0 Å². The van der Waals surface area contributed by atoms with Crippen molar-refractivity contribution in [3.63, 3.8) is 0 Å². The van der Waals surface area contributed by atoms with Gasteiger partial charge in [-0.15, -0.1) is 0 Å². The number of para-hydroxylation sites is 2. The minimum absolute atomic E-state index is 0.0333. The van der Waals surface area contributed by atoms with Crippen LogP contribution in [0.1, 0.15) is 30.4 Å². The molecule has 2 aromatic carbocycles. The van der Waals surface area contributed by atoms with Crippen LogP contribution in [0.5, 0.6) is 0 Å². The first-order valence-electron chi connectivity index (χ1n) is 10.0. The van der Waals surface area contributed by atoms with Crippen LogP contribution in [0.25, 0.3) is 34.0 Å². The number of rotatable bonds is 6. The Labute approximate surface area is 169 Å². The van der Waals surface area contributed by atoms with Gasteiger partial charge in [0.25, 0.3) is 5.56 Å². The number of hydrogen-bond donors (Lipinski definition) is 1. The van der Waals surface area contributed by atoms with Crippen molar-refractivity contribution in [3.8, 4) is 0 Å². The van der Waals surface area contributed by atoms with Gasteiger partial charge in [-0.05, 0) is 50.6 Å². The third-order valence-corrected chi connectivity index (χ3v) is 5.43. The van der Waals surface area contributed by atoms with E-state index in [1.54, 1.807) is 10.6 Å². The Hall–Kier alpha value is -3.18. The van der Waals surface area contributed by atoms with Gasteiger partial charge in [0, 0.05) is 41.9 Å². The largest absolute Gasteiger partial charge is 0.396 e. The molecular weight excluding hydrogens is 362 g/mol. The highest BCUT2D eigenvalue weighted by molar-refractivity contribution is 5.93. The lowest BCUT2D eigenvalue weighted by molar-refractivity contribution is 0.278. The molecule has 0 saturated carbocycles. The summed E-state index contributed by atoms with van der Waals surface area (Å²) in [7, 11) is 0. The van der Waals surface area contributed by atoms with E-state index < -0.39 is 0 Å². The molecule has 1 N–H and O–H groups in total. The van der Waals surface area contributed by atoms with Gasteiger partial charge in [0.2, 0.25) is 0 Å². The molecule has 0 aliphatic heterocycles. The van der Waals surface area contributed by atoms with Gasteiger partial charge in [-0.2, -0.15) is 0 Å². The number of aliphatic hydroxyl groups excluding tert-OH is 1. The van der Waals surface area contributed by atoms with Gasteiger partial charge in [0.1, 0.15) is 5.82 Å². The van der Waals surface area contributed by atoms with Crippen molar-refractivity contribution in [2.24, 2.45) is 0 Å². The quantitative estimate of drug-likeness (QED) is 0.538. The topological polar surface area (TPSA) is 60.0 Å². The monoisotopic (exact) mass is 387 g/mol. The number of aryl methyl sites for hydroxylation is 1. The predicted molar refractivity (Wildman–Crippen MR) is 119 cm³/mol. The number of aliphatic hydroxyl groups is 1. The Morgan fingerprint density at radius 2 is 1.72 bits per heavy atom. The molecule has 148 valence electrons. The fraction of sp³-hybridized carbons (Fsp3) is 0.250. The van der Waals surface area contributed by atoms with E-state index in [1.807, 2.05) is 30.3 Å². The zero-order valence-corrected chi connectivity index (χ0v) is 16.8. The lowest BCUT2D eigenvalue weighted by Gasteiger charge is -2.10. The summed E-state index contributed by atoms with van der Waals surface area (Å²) in [5, 5.41) is 11.0. The molecule has 2 heterocycles. The average Bonchev–Trinajstić information content (AvgIpc) is 3.02. The molecule has 4 rings (SSSR count). The smallest absolute Gasteiger partial charge is 0.261 e. The Kier molecular flexibility index (Phi) is 5.32. The van der Waals surface area contributed by atoms with E-state index in [1.165, 1.54) is 16.6 Å². The molecule has 5 nitrogen and oxygen atoms in total. The summed E-state index contributed by atoms with van der Waals surface area (Å²) >= 11 is 0. The maximum absolute atomic E-state index is 13.0. The lowest BCUT2D eigenvalue weighted by atomic mass is 10.1. The number of nitrogens with zero attached hydrogens (tertiary/aromatic N) is 3. The third-order valence-electron chi connectivity index (χ3n) is 5.43. The number of hydrogen-bond acceptors (Lipinski definition) is 3.